The maximum atomic E-state index is 15.0. The van der Waals surface area contributed by atoms with E-state index in [0.29, 0.717) is 15.9 Å². The second-order valence-corrected chi connectivity index (χ2v) is 10.4. The first-order valence-electron chi connectivity index (χ1n) is 9.05. The van der Waals surface area contributed by atoms with Gasteiger partial charge in [-0.25, -0.2) is 18.0 Å². The molecule has 4 rings (SSSR count). The summed E-state index contributed by atoms with van der Waals surface area (Å²) in [5.41, 5.74) is 2.03. The fourth-order valence-electron chi connectivity index (χ4n) is 3.25. The summed E-state index contributed by atoms with van der Waals surface area (Å²) in [7, 11) is 0. The van der Waals surface area contributed by atoms with Crippen molar-refractivity contribution in [1.82, 2.24) is 9.55 Å². The summed E-state index contributed by atoms with van der Waals surface area (Å²) in [6.45, 7) is -4.71. The zero-order chi connectivity index (χ0) is 23.3. The zero-order valence-electron chi connectivity index (χ0n) is 15.9. The fraction of sp³-hybridized carbons (Fsp3) is 0.412. The number of aromatic nitrogens is 2. The highest BCUT2D eigenvalue weighted by Gasteiger charge is 2.62. The summed E-state index contributed by atoms with van der Waals surface area (Å²) in [4.78, 5) is 15.5. The molecule has 0 bridgehead atoms. The zero-order valence-corrected chi connectivity index (χ0v) is 18.4. The third-order valence-corrected chi connectivity index (χ3v) is 7.44. The number of benzene rings is 1. The van der Waals surface area contributed by atoms with Crippen molar-refractivity contribution in [3.05, 3.63) is 51.5 Å². The number of rotatable bonds is 5. The number of halogens is 4. The number of aliphatic hydroxyl groups excluding tert-OH is 1. The van der Waals surface area contributed by atoms with Crippen molar-refractivity contribution in [2.75, 3.05) is 12.3 Å². The predicted octanol–water partition coefficient (Wildman–Crippen LogP) is 2.56. The van der Waals surface area contributed by atoms with E-state index in [0.717, 1.165) is 6.20 Å². The summed E-state index contributed by atoms with van der Waals surface area (Å²) >= 11 is 11.0. The number of ether oxygens (including phenoxy) is 1. The Morgan fingerprint density at radius 1 is 1.47 bits per heavy atom. The van der Waals surface area contributed by atoms with Crippen molar-refractivity contribution in [1.29, 1.82) is 0 Å². The van der Waals surface area contributed by atoms with Gasteiger partial charge in [0.05, 0.1) is 18.2 Å². The summed E-state index contributed by atoms with van der Waals surface area (Å²) in [5.74, 6) is 0.0229. The average Bonchev–Trinajstić information content (AvgIpc) is 3.01. The van der Waals surface area contributed by atoms with Crippen LogP contribution < -0.4 is 15.9 Å². The molecule has 2 aromatic rings. The third-order valence-electron chi connectivity index (χ3n) is 4.99. The molecular weight excluding hydrogens is 498 g/mol. The van der Waals surface area contributed by atoms with E-state index in [2.05, 4.69) is 4.98 Å². The van der Waals surface area contributed by atoms with Crippen LogP contribution in [0.5, 0.6) is 5.75 Å². The molecule has 3 heterocycles. The predicted molar refractivity (Wildman–Crippen MR) is 110 cm³/mol. The number of alkyl halides is 3. The van der Waals surface area contributed by atoms with Crippen molar-refractivity contribution in [3.63, 3.8) is 0 Å². The Kier molecular flexibility index (Phi) is 6.27. The van der Waals surface area contributed by atoms with Crippen molar-refractivity contribution < 1.29 is 36.6 Å². The smallest absolute Gasteiger partial charge is 0.381 e. The molecule has 5 atom stereocenters. The topological polar surface area (TPSA) is 118 Å². The summed E-state index contributed by atoms with van der Waals surface area (Å²) in [6.07, 6.45) is -9.31. The number of nitrogens with zero attached hydrogens (tertiary/aromatic N) is 2. The van der Waals surface area contributed by atoms with E-state index < -0.39 is 49.5 Å². The van der Waals surface area contributed by atoms with Crippen LogP contribution in [-0.2, 0) is 32.2 Å². The molecule has 1 aromatic carbocycles. The summed E-state index contributed by atoms with van der Waals surface area (Å²) in [6, 6.07) is 6.73. The minimum atomic E-state index is -3.59. The lowest BCUT2D eigenvalue weighted by atomic mass is 9.98. The summed E-state index contributed by atoms with van der Waals surface area (Å²) in [5, 5.41) is 10.1. The van der Waals surface area contributed by atoms with Gasteiger partial charge in [0.1, 0.15) is 17.7 Å². The van der Waals surface area contributed by atoms with E-state index in [-0.39, 0.29) is 17.4 Å². The van der Waals surface area contributed by atoms with Gasteiger partial charge in [-0.05, 0) is 6.07 Å². The first-order valence-corrected chi connectivity index (χ1v) is 12.0. The maximum absolute atomic E-state index is 15.0. The molecule has 1 aromatic heterocycles. The van der Waals surface area contributed by atoms with E-state index >= 15 is 4.39 Å². The molecule has 1 fully saturated rings. The van der Waals surface area contributed by atoms with Crippen LogP contribution in [-0.4, -0.2) is 45.6 Å². The Morgan fingerprint density at radius 2 is 2.19 bits per heavy atom. The van der Waals surface area contributed by atoms with Crippen molar-refractivity contribution in [2.45, 2.75) is 37.1 Å². The van der Waals surface area contributed by atoms with Gasteiger partial charge in [-0.1, -0.05) is 29.8 Å². The molecule has 5 unspecified atom stereocenters. The van der Waals surface area contributed by atoms with Crippen LogP contribution in [0.1, 0.15) is 11.8 Å². The molecule has 15 heteroatoms. The number of para-hydroxylation sites is 1. The van der Waals surface area contributed by atoms with Crippen LogP contribution in [0.25, 0.3) is 0 Å². The Hall–Kier alpha value is -1.73. The number of nitrogens with two attached hydrogens (primary N) is 1. The normalized spacial score (nSPS) is 32.0. The van der Waals surface area contributed by atoms with Gasteiger partial charge >= 0.3 is 12.4 Å². The number of nitrogen functional groups attached to an aromatic ring is 1. The number of fused-ring (bicyclic) bond motifs is 1. The largest absolute Gasteiger partial charge is 0.424 e. The molecule has 174 valence electrons. The Balaban J connectivity index is 1.59. The number of anilines is 1. The lowest BCUT2D eigenvalue weighted by Gasteiger charge is -2.33. The molecule has 2 aliphatic heterocycles. The van der Waals surface area contributed by atoms with Crippen molar-refractivity contribution in [3.8, 4) is 5.75 Å². The summed E-state index contributed by atoms with van der Waals surface area (Å²) < 4.78 is 65.2. The molecule has 9 nitrogen and oxygen atoms in total. The molecule has 3 N–H and O–H groups in total. The van der Waals surface area contributed by atoms with Gasteiger partial charge in [0.15, 0.2) is 18.0 Å². The van der Waals surface area contributed by atoms with E-state index in [1.165, 1.54) is 0 Å². The van der Waals surface area contributed by atoms with Gasteiger partial charge in [0.2, 0.25) is 0 Å². The van der Waals surface area contributed by atoms with Gasteiger partial charge in [-0.15, -0.1) is 0 Å². The Morgan fingerprint density at radius 3 is 2.91 bits per heavy atom. The van der Waals surface area contributed by atoms with Crippen LogP contribution in [0.3, 0.4) is 0 Å². The lowest BCUT2D eigenvalue weighted by Crippen LogP contribution is -2.50. The maximum Gasteiger partial charge on any atom is 0.381 e. The molecule has 0 aliphatic carbocycles. The Labute approximate surface area is 189 Å². The molecule has 0 radical (unpaired) electrons. The monoisotopic (exact) mass is 513 g/mol. The van der Waals surface area contributed by atoms with Crippen LogP contribution >= 0.6 is 18.3 Å². The number of hydrogen-bond donors (Lipinski definition) is 2. The molecule has 1 saturated heterocycles. The highest BCUT2D eigenvalue weighted by molar-refractivity contribution is 8.07. The highest BCUT2D eigenvalue weighted by Crippen LogP contribution is 2.56. The van der Waals surface area contributed by atoms with E-state index in [1.54, 1.807) is 24.3 Å². The first-order chi connectivity index (χ1) is 15.1. The van der Waals surface area contributed by atoms with Gasteiger partial charge in [0.25, 0.3) is 6.43 Å². The third kappa shape index (κ3) is 4.03. The Bertz CT molecular complexity index is 1140. The van der Waals surface area contributed by atoms with Crippen molar-refractivity contribution in [2.24, 2.45) is 0 Å². The van der Waals surface area contributed by atoms with E-state index in [9.17, 15) is 18.7 Å². The standard InChI is InChI=1S/C17H16ClF3N3O6PS/c18-9-5-24(16(26)23-13(9)22)14-11(25)12(19)17(29-14,15(20)21)7-28-31(32)27-6-8-3-1-2-4-10(8)30-31/h1-5,11-12,14-15,25H,6-7H2,(H2,22,23,26). The molecular formula is C17H16ClF3N3O6PS. The fourth-order valence-corrected chi connectivity index (χ4v) is 5.21. The van der Waals surface area contributed by atoms with Crippen LogP contribution in [0.15, 0.2) is 35.3 Å². The lowest BCUT2D eigenvalue weighted by molar-refractivity contribution is -0.183. The van der Waals surface area contributed by atoms with E-state index in [4.69, 9.17) is 47.4 Å². The quantitative estimate of drug-likeness (QED) is 0.581. The number of aliphatic hydroxyl groups is 1. The SMILES string of the molecule is Nc1nc(=O)n(C2OC(COP3(=S)OCc4ccccc4O3)(C(F)F)C(F)C2O)cc1Cl. The second-order valence-electron chi connectivity index (χ2n) is 7.01. The van der Waals surface area contributed by atoms with E-state index in [1.807, 2.05) is 0 Å². The minimum Gasteiger partial charge on any atom is -0.424 e. The van der Waals surface area contributed by atoms with Gasteiger partial charge < -0.3 is 20.1 Å². The molecule has 0 amide bonds. The molecule has 2 aliphatic rings. The molecule has 0 spiro atoms. The second kappa shape index (κ2) is 8.56. The van der Waals surface area contributed by atoms with Crippen LogP contribution in [0, 0.1) is 0 Å². The van der Waals surface area contributed by atoms with Crippen LogP contribution in [0.4, 0.5) is 19.0 Å². The molecule has 32 heavy (non-hydrogen) atoms. The van der Waals surface area contributed by atoms with Crippen molar-refractivity contribution >= 4 is 35.9 Å². The first kappa shape index (κ1) is 23.4. The number of hydrogen-bond acceptors (Lipinski definition) is 9. The van der Waals surface area contributed by atoms with Gasteiger partial charge in [0, 0.05) is 23.6 Å². The van der Waals surface area contributed by atoms with Gasteiger partial charge in [-0.3, -0.25) is 13.6 Å². The molecule has 0 saturated carbocycles. The highest BCUT2D eigenvalue weighted by atomic mass is 35.5. The average molecular weight is 514 g/mol. The van der Waals surface area contributed by atoms with Crippen LogP contribution in [0.2, 0.25) is 5.02 Å². The van der Waals surface area contributed by atoms with Gasteiger partial charge in [-0.2, -0.15) is 4.98 Å². The minimum absolute atomic E-state index is 0.00525.